The quantitative estimate of drug-likeness (QED) is 0.371. The van der Waals surface area contributed by atoms with Crippen molar-refractivity contribution in [1.29, 1.82) is 5.26 Å². The van der Waals surface area contributed by atoms with Crippen LogP contribution in [-0.2, 0) is 11.0 Å². The predicted octanol–water partition coefficient (Wildman–Crippen LogP) is -1.63. The molecule has 1 aromatic carbocycles. The van der Waals surface area contributed by atoms with Crippen molar-refractivity contribution in [3.05, 3.63) is 41.5 Å². The number of nitrogens with zero attached hydrogens (tertiary/aromatic N) is 1. The van der Waals surface area contributed by atoms with Crippen LogP contribution < -0.4 is 56.5 Å². The Labute approximate surface area is 143 Å². The van der Waals surface area contributed by atoms with Gasteiger partial charge in [0, 0.05) is 0 Å². The van der Waals surface area contributed by atoms with Crippen molar-refractivity contribution in [2.45, 2.75) is 6.18 Å². The van der Waals surface area contributed by atoms with Crippen LogP contribution >= 0.6 is 0 Å². The van der Waals surface area contributed by atoms with E-state index in [9.17, 15) is 23.1 Å². The van der Waals surface area contributed by atoms with E-state index in [0.717, 1.165) is 24.3 Å². The molecule has 1 rings (SSSR count). The Morgan fingerprint density at radius 1 is 1.28 bits per heavy atom. The molecule has 0 atom stereocenters. The first-order chi connectivity index (χ1) is 7.84. The van der Waals surface area contributed by atoms with Crippen LogP contribution in [0.4, 0.5) is 13.2 Å². The summed E-state index contributed by atoms with van der Waals surface area (Å²) in [5.41, 5.74) is -1.05. The van der Waals surface area contributed by atoms with Crippen LogP contribution in [0.5, 0.6) is 0 Å². The molecule has 0 N–H and O–H groups in total. The van der Waals surface area contributed by atoms with E-state index in [2.05, 4.69) is 0 Å². The first kappa shape index (κ1) is 17.3. The molecule has 88 valence electrons. The number of nitriles is 1. The van der Waals surface area contributed by atoms with Crippen LogP contribution in [-0.4, -0.2) is 5.97 Å². The minimum absolute atomic E-state index is 0. The summed E-state index contributed by atoms with van der Waals surface area (Å²) in [6.07, 6.45) is -3.94. The first-order valence-electron chi connectivity index (χ1n) is 4.35. The van der Waals surface area contributed by atoms with Gasteiger partial charge in [-0.15, -0.1) is 0 Å². The number of allylic oxidation sites excluding steroid dienone is 1. The van der Waals surface area contributed by atoms with Crippen LogP contribution in [0, 0.1) is 11.3 Å². The smallest absolute Gasteiger partial charge is 0.545 e. The van der Waals surface area contributed by atoms with E-state index in [-0.39, 0.29) is 62.5 Å². The molecule has 1 aromatic rings. The van der Waals surface area contributed by atoms with Crippen LogP contribution in [0.25, 0.3) is 5.57 Å². The molecule has 0 amide bonds. The number of carboxylic acids is 1. The molecule has 0 unspecified atom stereocenters. The average Bonchev–Trinajstić information content (AvgIpc) is 2.24. The molecule has 3 nitrogen and oxygen atoms in total. The summed E-state index contributed by atoms with van der Waals surface area (Å²) in [7, 11) is 0. The molecule has 0 spiro atoms. The molecule has 0 aliphatic carbocycles. The number of carbonyl (C=O) groups excluding carboxylic acids is 1. The molecule has 0 aliphatic rings. The fourth-order valence-corrected chi connectivity index (χ4v) is 1.14. The van der Waals surface area contributed by atoms with Gasteiger partial charge in [0.25, 0.3) is 0 Å². The fraction of sp³-hybridized carbons (Fsp3) is 0.0909. The maximum absolute atomic E-state index is 12.2. The Balaban J connectivity index is 0.00000289. The number of rotatable bonds is 2. The van der Waals surface area contributed by atoms with Crippen molar-refractivity contribution in [1.82, 2.24) is 0 Å². The van der Waals surface area contributed by atoms with Gasteiger partial charge in [-0.1, -0.05) is 12.1 Å². The number of halogens is 3. The molecule has 7 heteroatoms. The minimum Gasteiger partial charge on any atom is -0.545 e. The average molecular weight is 279 g/mol. The third-order valence-corrected chi connectivity index (χ3v) is 1.91. The third-order valence-electron chi connectivity index (χ3n) is 1.91. The Morgan fingerprint density at radius 2 is 1.78 bits per heavy atom. The number of carbonyl (C=O) groups is 1. The van der Waals surface area contributed by atoms with Crippen molar-refractivity contribution in [3.8, 4) is 6.07 Å². The summed E-state index contributed by atoms with van der Waals surface area (Å²) in [6, 6.07) is 5.17. The summed E-state index contributed by atoms with van der Waals surface area (Å²) in [4.78, 5) is 10.2. The maximum atomic E-state index is 12.2. The molecule has 0 saturated heterocycles. The third kappa shape index (κ3) is 4.92. The van der Waals surface area contributed by atoms with Crippen LogP contribution in [0.3, 0.4) is 0 Å². The molecule has 0 radical (unpaired) electrons. The number of alkyl halides is 3. The maximum Gasteiger partial charge on any atom is 1.00 e. The van der Waals surface area contributed by atoms with E-state index >= 15 is 0 Å². The van der Waals surface area contributed by atoms with Crippen molar-refractivity contribution in [2.75, 3.05) is 0 Å². The number of carboxylic acid groups (broad SMARTS) is 1. The zero-order valence-electron chi connectivity index (χ0n) is 9.28. The van der Waals surface area contributed by atoms with Gasteiger partial charge in [-0.05, 0) is 23.8 Å². The normalized spacial score (nSPS) is 11.3. The van der Waals surface area contributed by atoms with E-state index in [1.807, 2.05) is 0 Å². The predicted molar refractivity (Wildman–Crippen MR) is 50.0 cm³/mol. The molecule has 0 aliphatic heterocycles. The second kappa shape index (κ2) is 7.06. The van der Waals surface area contributed by atoms with Gasteiger partial charge in [0.2, 0.25) is 0 Å². The molecule has 0 aromatic heterocycles. The van der Waals surface area contributed by atoms with Crippen molar-refractivity contribution >= 4 is 11.5 Å². The Kier molecular flexibility index (Phi) is 6.81. The van der Waals surface area contributed by atoms with E-state index < -0.39 is 17.7 Å². The zero-order chi connectivity index (χ0) is 13.1. The second-order valence-corrected chi connectivity index (χ2v) is 3.06. The van der Waals surface area contributed by atoms with Crippen molar-refractivity contribution in [3.63, 3.8) is 0 Å². The monoisotopic (exact) mass is 279 g/mol. The zero-order valence-corrected chi connectivity index (χ0v) is 12.4. The molecular formula is C11H5F3KNO2. The van der Waals surface area contributed by atoms with E-state index in [1.54, 1.807) is 6.07 Å². The van der Waals surface area contributed by atoms with Gasteiger partial charge in [0.05, 0.1) is 23.2 Å². The SMILES string of the molecule is N#C/C(=C\C(=O)[O-])c1ccc(C(F)(F)F)cc1.[K+]. The van der Waals surface area contributed by atoms with Gasteiger partial charge in [-0.2, -0.15) is 18.4 Å². The summed E-state index contributed by atoms with van der Waals surface area (Å²) >= 11 is 0. The molecule has 0 bridgehead atoms. The second-order valence-electron chi connectivity index (χ2n) is 3.06. The van der Waals surface area contributed by atoms with Crippen molar-refractivity contribution in [2.24, 2.45) is 0 Å². The Bertz CT molecular complexity index is 501. The summed E-state index contributed by atoms with van der Waals surface area (Å²) in [6.45, 7) is 0. The Morgan fingerprint density at radius 3 is 2.11 bits per heavy atom. The van der Waals surface area contributed by atoms with Gasteiger partial charge in [-0.25, -0.2) is 0 Å². The van der Waals surface area contributed by atoms with Gasteiger partial charge in [0.15, 0.2) is 0 Å². The summed E-state index contributed by atoms with van der Waals surface area (Å²) in [5, 5.41) is 18.9. The Hall–Kier alpha value is -0.654. The van der Waals surface area contributed by atoms with Gasteiger partial charge >= 0.3 is 57.6 Å². The molecule has 18 heavy (non-hydrogen) atoms. The standard InChI is InChI=1S/C11H6F3NO2.K/c12-11(13,14)9-3-1-7(2-4-9)8(6-15)5-10(16)17;/h1-5H,(H,16,17);/q;+1/p-1/b8-5+;. The van der Waals surface area contributed by atoms with Crippen molar-refractivity contribution < 1.29 is 74.5 Å². The van der Waals surface area contributed by atoms with Gasteiger partial charge in [0.1, 0.15) is 0 Å². The van der Waals surface area contributed by atoms with E-state index in [1.165, 1.54) is 0 Å². The fourth-order valence-electron chi connectivity index (χ4n) is 1.14. The van der Waals surface area contributed by atoms with Crippen LogP contribution in [0.1, 0.15) is 11.1 Å². The molecular weight excluding hydrogens is 274 g/mol. The number of aliphatic carboxylic acids is 1. The van der Waals surface area contributed by atoms with Crippen LogP contribution in [0.2, 0.25) is 0 Å². The summed E-state index contributed by atoms with van der Waals surface area (Å²) in [5.74, 6) is -1.58. The topological polar surface area (TPSA) is 63.9 Å². The molecule has 0 heterocycles. The number of hydrogen-bond acceptors (Lipinski definition) is 3. The first-order valence-corrected chi connectivity index (χ1v) is 4.35. The van der Waals surface area contributed by atoms with Gasteiger partial charge in [-0.3, -0.25) is 0 Å². The molecule has 0 fully saturated rings. The van der Waals surface area contributed by atoms with Gasteiger partial charge < -0.3 is 9.90 Å². The summed E-state index contributed by atoms with van der Waals surface area (Å²) < 4.78 is 36.7. The largest absolute Gasteiger partial charge is 1.00 e. The minimum atomic E-state index is -4.47. The number of hydrogen-bond donors (Lipinski definition) is 0. The van der Waals surface area contributed by atoms with Crippen LogP contribution in [0.15, 0.2) is 30.3 Å². The van der Waals surface area contributed by atoms with E-state index in [4.69, 9.17) is 5.26 Å². The molecule has 0 saturated carbocycles. The number of benzene rings is 1. The van der Waals surface area contributed by atoms with E-state index in [0.29, 0.717) is 6.08 Å².